The van der Waals surface area contributed by atoms with Gasteiger partial charge in [-0.3, -0.25) is 0 Å². The average molecular weight is 246 g/mol. The summed E-state index contributed by atoms with van der Waals surface area (Å²) in [6.07, 6.45) is 0. The van der Waals surface area contributed by atoms with Crippen molar-refractivity contribution in [2.45, 2.75) is 19.8 Å². The summed E-state index contributed by atoms with van der Waals surface area (Å²) in [5.74, 6) is 0.566. The maximum Gasteiger partial charge on any atom is -0.0105 e. The molecule has 0 heteroatoms. The fourth-order valence-corrected chi connectivity index (χ4v) is 2.51. The second kappa shape index (κ2) is 4.89. The fraction of sp³-hybridized carbons (Fsp3) is 0.158. The Balaban J connectivity index is 2.15. The van der Waals surface area contributed by atoms with Gasteiger partial charge in [-0.25, -0.2) is 0 Å². The SMILES string of the molecule is CC(C)c1ccc2ccc(-c3ccccc3)c-2cc1. The molecular formula is C19H18. The van der Waals surface area contributed by atoms with Gasteiger partial charge in [-0.05, 0) is 33.7 Å². The summed E-state index contributed by atoms with van der Waals surface area (Å²) in [6.45, 7) is 4.47. The molecule has 0 N–H and O–H groups in total. The average Bonchev–Trinajstić information content (AvgIpc) is 2.71. The Kier molecular flexibility index (Phi) is 3.08. The van der Waals surface area contributed by atoms with E-state index in [9.17, 15) is 0 Å². The van der Waals surface area contributed by atoms with E-state index in [4.69, 9.17) is 0 Å². The van der Waals surface area contributed by atoms with Crippen molar-refractivity contribution in [3.63, 3.8) is 0 Å². The van der Waals surface area contributed by atoms with E-state index in [1.165, 1.54) is 27.8 Å². The molecule has 0 unspecified atom stereocenters. The van der Waals surface area contributed by atoms with Gasteiger partial charge < -0.3 is 0 Å². The molecule has 0 saturated heterocycles. The highest BCUT2D eigenvalue weighted by Crippen LogP contribution is 2.35. The van der Waals surface area contributed by atoms with Crippen LogP contribution in [-0.4, -0.2) is 0 Å². The van der Waals surface area contributed by atoms with Crippen LogP contribution in [0.4, 0.5) is 0 Å². The van der Waals surface area contributed by atoms with Crippen LogP contribution in [0, 0.1) is 0 Å². The van der Waals surface area contributed by atoms with E-state index in [2.05, 4.69) is 80.6 Å². The molecule has 0 nitrogen and oxygen atoms in total. The molecule has 0 aromatic heterocycles. The van der Waals surface area contributed by atoms with Crippen LogP contribution in [0.3, 0.4) is 0 Å². The van der Waals surface area contributed by atoms with Crippen LogP contribution in [0.2, 0.25) is 0 Å². The first kappa shape index (κ1) is 12.0. The molecule has 0 aliphatic heterocycles. The van der Waals surface area contributed by atoms with Gasteiger partial charge in [0.25, 0.3) is 0 Å². The zero-order valence-corrected chi connectivity index (χ0v) is 11.4. The molecule has 2 aliphatic rings. The Morgan fingerprint density at radius 2 is 1.11 bits per heavy atom. The molecule has 3 rings (SSSR count). The molecule has 19 heavy (non-hydrogen) atoms. The summed E-state index contributed by atoms with van der Waals surface area (Å²) in [5, 5.41) is 0. The van der Waals surface area contributed by atoms with Gasteiger partial charge >= 0.3 is 0 Å². The van der Waals surface area contributed by atoms with Gasteiger partial charge in [0.2, 0.25) is 0 Å². The Hall–Kier alpha value is -2.08. The zero-order valence-electron chi connectivity index (χ0n) is 11.4. The largest absolute Gasteiger partial charge is 0.0622 e. The highest BCUT2D eigenvalue weighted by Gasteiger charge is 2.10. The predicted molar refractivity (Wildman–Crippen MR) is 82.6 cm³/mol. The topological polar surface area (TPSA) is 0 Å². The smallest absolute Gasteiger partial charge is 0.0105 e. The predicted octanol–water partition coefficient (Wildman–Crippen LogP) is 5.58. The van der Waals surface area contributed by atoms with Crippen LogP contribution < -0.4 is 0 Å². The maximum atomic E-state index is 2.26. The first-order valence-corrected chi connectivity index (χ1v) is 6.84. The van der Waals surface area contributed by atoms with E-state index in [1.807, 2.05) is 0 Å². The second-order valence-corrected chi connectivity index (χ2v) is 5.30. The lowest BCUT2D eigenvalue weighted by molar-refractivity contribution is 0.868. The highest BCUT2D eigenvalue weighted by molar-refractivity contribution is 5.86. The summed E-state index contributed by atoms with van der Waals surface area (Å²) in [5.41, 5.74) is 6.63. The van der Waals surface area contributed by atoms with Crippen LogP contribution in [0.5, 0.6) is 0 Å². The van der Waals surface area contributed by atoms with E-state index < -0.39 is 0 Å². The molecule has 2 aliphatic carbocycles. The Morgan fingerprint density at radius 3 is 1.79 bits per heavy atom. The lowest BCUT2D eigenvalue weighted by Crippen LogP contribution is -1.81. The molecule has 1 aromatic carbocycles. The fourth-order valence-electron chi connectivity index (χ4n) is 2.51. The zero-order chi connectivity index (χ0) is 13.2. The van der Waals surface area contributed by atoms with E-state index >= 15 is 0 Å². The minimum absolute atomic E-state index is 0.566. The molecule has 0 saturated carbocycles. The Labute approximate surface area is 115 Å². The summed E-state index contributed by atoms with van der Waals surface area (Å²) in [4.78, 5) is 0. The van der Waals surface area contributed by atoms with Crippen LogP contribution in [0.25, 0.3) is 22.3 Å². The van der Waals surface area contributed by atoms with E-state index in [0.717, 1.165) is 0 Å². The summed E-state index contributed by atoms with van der Waals surface area (Å²) >= 11 is 0. The van der Waals surface area contributed by atoms with E-state index in [0.29, 0.717) is 5.92 Å². The van der Waals surface area contributed by atoms with Gasteiger partial charge in [0.05, 0.1) is 0 Å². The molecule has 0 amide bonds. The molecule has 0 spiro atoms. The lowest BCUT2D eigenvalue weighted by atomic mass is 10.0. The van der Waals surface area contributed by atoms with Gasteiger partial charge in [0.1, 0.15) is 0 Å². The second-order valence-electron chi connectivity index (χ2n) is 5.30. The molecule has 0 bridgehead atoms. The number of hydrogen-bond acceptors (Lipinski definition) is 0. The van der Waals surface area contributed by atoms with Crippen LogP contribution in [0.1, 0.15) is 25.3 Å². The molecule has 0 heterocycles. The van der Waals surface area contributed by atoms with Gasteiger partial charge in [-0.2, -0.15) is 0 Å². The first-order valence-electron chi connectivity index (χ1n) is 6.84. The standard InChI is InChI=1S/C19H18/c1-14(2)15-8-9-17-11-13-18(19(17)12-10-15)16-6-4-3-5-7-16/h3-14H,1-2H3. The van der Waals surface area contributed by atoms with Crippen molar-refractivity contribution in [1.29, 1.82) is 0 Å². The van der Waals surface area contributed by atoms with Crippen LogP contribution >= 0.6 is 0 Å². The molecule has 0 fully saturated rings. The third-order valence-electron chi connectivity index (χ3n) is 3.68. The molecule has 0 radical (unpaired) electrons. The van der Waals surface area contributed by atoms with Crippen LogP contribution in [-0.2, 0) is 0 Å². The lowest BCUT2D eigenvalue weighted by Gasteiger charge is -2.01. The summed E-state index contributed by atoms with van der Waals surface area (Å²) in [7, 11) is 0. The normalized spacial score (nSPS) is 11.1. The molecular weight excluding hydrogens is 228 g/mol. The Bertz CT molecular complexity index is 650. The van der Waals surface area contributed by atoms with Crippen LogP contribution in [0.15, 0.2) is 66.7 Å². The van der Waals surface area contributed by atoms with Crippen molar-refractivity contribution in [3.05, 3.63) is 72.3 Å². The van der Waals surface area contributed by atoms with Crippen molar-refractivity contribution in [2.75, 3.05) is 0 Å². The van der Waals surface area contributed by atoms with E-state index in [1.54, 1.807) is 0 Å². The maximum absolute atomic E-state index is 2.26. The monoisotopic (exact) mass is 246 g/mol. The van der Waals surface area contributed by atoms with Gasteiger partial charge in [0.15, 0.2) is 0 Å². The minimum atomic E-state index is 0.566. The molecule has 0 atom stereocenters. The summed E-state index contributed by atoms with van der Waals surface area (Å²) in [6, 6.07) is 24.0. The van der Waals surface area contributed by atoms with Gasteiger partial charge in [-0.15, -0.1) is 0 Å². The highest BCUT2D eigenvalue weighted by atomic mass is 14.1. The summed E-state index contributed by atoms with van der Waals surface area (Å²) < 4.78 is 0. The van der Waals surface area contributed by atoms with Crippen molar-refractivity contribution in [1.82, 2.24) is 0 Å². The first-order chi connectivity index (χ1) is 9.25. The molecule has 94 valence electrons. The van der Waals surface area contributed by atoms with Crippen molar-refractivity contribution in [2.24, 2.45) is 0 Å². The number of hydrogen-bond donors (Lipinski definition) is 0. The Morgan fingerprint density at radius 1 is 0.579 bits per heavy atom. The number of rotatable bonds is 2. The third kappa shape index (κ3) is 2.26. The van der Waals surface area contributed by atoms with E-state index in [-0.39, 0.29) is 0 Å². The molecule has 1 aromatic rings. The van der Waals surface area contributed by atoms with Gasteiger partial charge in [0, 0.05) is 0 Å². The quantitative estimate of drug-likeness (QED) is 0.553. The number of benzene rings is 1. The van der Waals surface area contributed by atoms with Crippen molar-refractivity contribution < 1.29 is 0 Å². The van der Waals surface area contributed by atoms with Crippen molar-refractivity contribution >= 4 is 0 Å². The number of fused-ring (bicyclic) bond motifs is 1. The third-order valence-corrected chi connectivity index (χ3v) is 3.68. The minimum Gasteiger partial charge on any atom is -0.0622 e. The van der Waals surface area contributed by atoms with Gasteiger partial charge in [-0.1, -0.05) is 80.6 Å². The van der Waals surface area contributed by atoms with Crippen molar-refractivity contribution in [3.8, 4) is 22.3 Å².